The zero-order valence-corrected chi connectivity index (χ0v) is 16.9. The number of carbonyl (C=O) groups excluding carboxylic acids is 1. The summed E-state index contributed by atoms with van der Waals surface area (Å²) in [6.45, 7) is 5.84. The Kier molecular flexibility index (Phi) is 7.25. The summed E-state index contributed by atoms with van der Waals surface area (Å²) >= 11 is 0. The largest absolute Gasteiger partial charge is 0.496 e. The molecular formula is C23H27FN2O3. The molecule has 0 spiro atoms. The lowest BCUT2D eigenvalue weighted by atomic mass is 10.1. The minimum Gasteiger partial charge on any atom is -0.496 e. The molecule has 0 aromatic heterocycles. The first kappa shape index (κ1) is 20.9. The zero-order chi connectivity index (χ0) is 20.6. The maximum atomic E-state index is 13.6. The highest BCUT2D eigenvalue weighted by atomic mass is 19.1. The Morgan fingerprint density at radius 1 is 1.10 bits per heavy atom. The Morgan fingerprint density at radius 3 is 2.59 bits per heavy atom. The van der Waals surface area contributed by atoms with E-state index >= 15 is 0 Å². The third kappa shape index (κ3) is 5.57. The van der Waals surface area contributed by atoms with Gasteiger partial charge in [0.05, 0.1) is 13.7 Å². The van der Waals surface area contributed by atoms with E-state index in [1.807, 2.05) is 36.1 Å². The van der Waals surface area contributed by atoms with E-state index in [1.165, 1.54) is 12.1 Å². The molecular weight excluding hydrogens is 371 g/mol. The summed E-state index contributed by atoms with van der Waals surface area (Å²) < 4.78 is 24.5. The van der Waals surface area contributed by atoms with Crippen molar-refractivity contribution < 1.29 is 18.7 Å². The van der Waals surface area contributed by atoms with Gasteiger partial charge in [0.15, 0.2) is 0 Å². The molecule has 5 nitrogen and oxygen atoms in total. The van der Waals surface area contributed by atoms with Crippen LogP contribution in [0.4, 0.5) is 4.39 Å². The normalized spacial score (nSPS) is 14.9. The molecule has 1 heterocycles. The van der Waals surface area contributed by atoms with Gasteiger partial charge in [-0.1, -0.05) is 18.2 Å². The maximum absolute atomic E-state index is 13.6. The fourth-order valence-corrected chi connectivity index (χ4v) is 3.41. The van der Waals surface area contributed by atoms with Gasteiger partial charge in [-0.2, -0.15) is 0 Å². The van der Waals surface area contributed by atoms with Crippen molar-refractivity contribution >= 4 is 12.0 Å². The maximum Gasteiger partial charge on any atom is 0.246 e. The van der Waals surface area contributed by atoms with Crippen LogP contribution < -0.4 is 9.47 Å². The van der Waals surface area contributed by atoms with E-state index in [4.69, 9.17) is 9.47 Å². The van der Waals surface area contributed by atoms with E-state index < -0.39 is 0 Å². The van der Waals surface area contributed by atoms with Gasteiger partial charge in [-0.15, -0.1) is 0 Å². The van der Waals surface area contributed by atoms with Gasteiger partial charge < -0.3 is 14.4 Å². The molecule has 0 bridgehead atoms. The summed E-state index contributed by atoms with van der Waals surface area (Å²) in [5.74, 6) is 1.17. The van der Waals surface area contributed by atoms with Crippen LogP contribution >= 0.6 is 0 Å². The Balaban J connectivity index is 1.55. The number of ether oxygens (including phenoxy) is 2. The lowest BCUT2D eigenvalue weighted by Gasteiger charge is -2.34. The molecule has 0 unspecified atom stereocenters. The van der Waals surface area contributed by atoms with Gasteiger partial charge in [0.25, 0.3) is 0 Å². The summed E-state index contributed by atoms with van der Waals surface area (Å²) in [7, 11) is 1.59. The molecule has 1 amide bonds. The number of para-hydroxylation sites is 1. The fourth-order valence-electron chi connectivity index (χ4n) is 3.41. The van der Waals surface area contributed by atoms with Crippen LogP contribution in [-0.2, 0) is 11.3 Å². The van der Waals surface area contributed by atoms with Crippen LogP contribution in [0.15, 0.2) is 48.5 Å². The second-order valence-corrected chi connectivity index (χ2v) is 6.86. The number of amides is 1. The van der Waals surface area contributed by atoms with Gasteiger partial charge in [-0.3, -0.25) is 9.69 Å². The van der Waals surface area contributed by atoms with Gasteiger partial charge in [-0.25, -0.2) is 4.39 Å². The summed E-state index contributed by atoms with van der Waals surface area (Å²) in [5.41, 5.74) is 1.71. The highest BCUT2D eigenvalue weighted by Gasteiger charge is 2.20. The fraction of sp³-hybridized carbons (Fsp3) is 0.348. The average molecular weight is 398 g/mol. The van der Waals surface area contributed by atoms with Crippen LogP contribution in [0, 0.1) is 5.82 Å². The summed E-state index contributed by atoms with van der Waals surface area (Å²) in [6, 6.07) is 12.2. The first-order chi connectivity index (χ1) is 14.1. The van der Waals surface area contributed by atoms with Crippen molar-refractivity contribution in [1.82, 2.24) is 9.80 Å². The molecule has 6 heteroatoms. The Morgan fingerprint density at radius 2 is 1.86 bits per heavy atom. The first-order valence-corrected chi connectivity index (χ1v) is 9.84. The Bertz CT molecular complexity index is 861. The SMILES string of the molecule is CCOc1ccccc1/C=C/C(=O)N1CCN(Cc2cc(F)ccc2OC)CC1. The molecule has 0 saturated carbocycles. The standard InChI is InChI=1S/C23H27FN2O3/c1-3-29-22-7-5-4-6-18(22)8-11-23(27)26-14-12-25(13-15-26)17-19-16-20(24)9-10-21(19)28-2/h4-11,16H,3,12-15,17H2,1-2H3/b11-8+. The molecule has 1 aliphatic rings. The molecule has 0 atom stereocenters. The van der Waals surface area contributed by atoms with E-state index in [9.17, 15) is 9.18 Å². The molecule has 154 valence electrons. The number of methoxy groups -OCH3 is 1. The minimum atomic E-state index is -0.271. The lowest BCUT2D eigenvalue weighted by Crippen LogP contribution is -2.47. The van der Waals surface area contributed by atoms with Crippen molar-refractivity contribution in [2.45, 2.75) is 13.5 Å². The molecule has 1 fully saturated rings. The van der Waals surface area contributed by atoms with E-state index in [1.54, 1.807) is 25.3 Å². The molecule has 3 rings (SSSR count). The van der Waals surface area contributed by atoms with Crippen LogP contribution in [0.1, 0.15) is 18.1 Å². The van der Waals surface area contributed by atoms with Crippen molar-refractivity contribution in [3.63, 3.8) is 0 Å². The Labute approximate surface area is 171 Å². The predicted molar refractivity (Wildman–Crippen MR) is 111 cm³/mol. The number of piperazine rings is 1. The summed E-state index contributed by atoms with van der Waals surface area (Å²) in [4.78, 5) is 16.6. The predicted octanol–water partition coefficient (Wildman–Crippen LogP) is 3.59. The van der Waals surface area contributed by atoms with Crippen molar-refractivity contribution in [3.05, 3.63) is 65.5 Å². The monoisotopic (exact) mass is 398 g/mol. The number of hydrogen-bond acceptors (Lipinski definition) is 4. The first-order valence-electron chi connectivity index (χ1n) is 9.84. The van der Waals surface area contributed by atoms with Crippen LogP contribution in [0.3, 0.4) is 0 Å². The quantitative estimate of drug-likeness (QED) is 0.669. The van der Waals surface area contributed by atoms with Crippen molar-refractivity contribution in [2.24, 2.45) is 0 Å². The van der Waals surface area contributed by atoms with Crippen molar-refractivity contribution in [2.75, 3.05) is 39.9 Å². The summed E-state index contributed by atoms with van der Waals surface area (Å²) in [5, 5.41) is 0. The topological polar surface area (TPSA) is 42.0 Å². The van der Waals surface area contributed by atoms with Gasteiger partial charge in [0, 0.05) is 49.9 Å². The molecule has 0 N–H and O–H groups in total. The van der Waals surface area contributed by atoms with E-state index in [0.29, 0.717) is 32.0 Å². The van der Waals surface area contributed by atoms with Crippen molar-refractivity contribution in [3.8, 4) is 11.5 Å². The molecule has 1 saturated heterocycles. The molecule has 0 aliphatic carbocycles. The van der Waals surface area contributed by atoms with Gasteiger partial charge in [-0.05, 0) is 37.3 Å². The van der Waals surface area contributed by atoms with Crippen LogP contribution in [0.5, 0.6) is 11.5 Å². The number of nitrogens with zero attached hydrogens (tertiary/aromatic N) is 2. The van der Waals surface area contributed by atoms with Crippen LogP contribution in [0.2, 0.25) is 0 Å². The molecule has 2 aromatic rings. The van der Waals surface area contributed by atoms with E-state index in [2.05, 4.69) is 4.90 Å². The number of carbonyl (C=O) groups is 1. The number of halogens is 1. The summed E-state index contributed by atoms with van der Waals surface area (Å²) in [6.07, 6.45) is 3.40. The molecule has 0 radical (unpaired) electrons. The highest BCUT2D eigenvalue weighted by molar-refractivity contribution is 5.92. The van der Waals surface area contributed by atoms with Gasteiger partial charge in [0.2, 0.25) is 5.91 Å². The van der Waals surface area contributed by atoms with Crippen LogP contribution in [0.25, 0.3) is 6.08 Å². The minimum absolute atomic E-state index is 0.0145. The molecule has 1 aliphatic heterocycles. The van der Waals surface area contributed by atoms with Crippen LogP contribution in [-0.4, -0.2) is 55.6 Å². The van der Waals surface area contributed by atoms with E-state index in [-0.39, 0.29) is 11.7 Å². The second kappa shape index (κ2) is 10.1. The Hall–Kier alpha value is -2.86. The number of hydrogen-bond donors (Lipinski definition) is 0. The number of rotatable bonds is 7. The van der Waals surface area contributed by atoms with E-state index in [0.717, 1.165) is 30.0 Å². The molecule has 2 aromatic carbocycles. The zero-order valence-electron chi connectivity index (χ0n) is 16.9. The van der Waals surface area contributed by atoms with Gasteiger partial charge in [0.1, 0.15) is 17.3 Å². The highest BCUT2D eigenvalue weighted by Crippen LogP contribution is 2.22. The third-order valence-corrected chi connectivity index (χ3v) is 4.94. The van der Waals surface area contributed by atoms with Gasteiger partial charge >= 0.3 is 0 Å². The second-order valence-electron chi connectivity index (χ2n) is 6.86. The van der Waals surface area contributed by atoms with Crippen molar-refractivity contribution in [1.29, 1.82) is 0 Å². The smallest absolute Gasteiger partial charge is 0.246 e. The average Bonchev–Trinajstić information content (AvgIpc) is 2.74. The number of benzene rings is 2. The third-order valence-electron chi connectivity index (χ3n) is 4.94. The molecule has 29 heavy (non-hydrogen) atoms. The lowest BCUT2D eigenvalue weighted by molar-refractivity contribution is -0.127.